The van der Waals surface area contributed by atoms with E-state index in [0.717, 1.165) is 0 Å². The lowest BCUT2D eigenvalue weighted by molar-refractivity contribution is -0.118. The molecule has 1 aromatic rings. The molecule has 1 amide bonds. The van der Waals surface area contributed by atoms with E-state index in [9.17, 15) is 18.3 Å². The Hall–Kier alpha value is -1.68. The molecule has 0 spiro atoms. The van der Waals surface area contributed by atoms with Gasteiger partial charge in [-0.2, -0.15) is 0 Å². The molecular formula is C12H16N2O6S. The summed E-state index contributed by atoms with van der Waals surface area (Å²) in [6, 6.07) is 4.13. The number of benzene rings is 1. The van der Waals surface area contributed by atoms with Gasteiger partial charge < -0.3 is 19.9 Å². The summed E-state index contributed by atoms with van der Waals surface area (Å²) in [4.78, 5) is 11.2. The summed E-state index contributed by atoms with van der Waals surface area (Å²) in [5.41, 5.74) is 0.298. The number of nitrogens with one attached hydrogen (secondary N) is 2. The third kappa shape index (κ3) is 3.91. The standard InChI is InChI=1S/C12H16N2O6S/c1-19-6-8(15)5-13-21(17,18)9-2-3-11-10(4-9)14-12(16)7-20-11/h2-4,8,13,15H,5-7H2,1H3,(H,14,16)/t8-/m1/s1. The van der Waals surface area contributed by atoms with Crippen LogP contribution in [0, 0.1) is 0 Å². The van der Waals surface area contributed by atoms with E-state index < -0.39 is 16.1 Å². The van der Waals surface area contributed by atoms with Crippen LogP contribution in [0.4, 0.5) is 5.69 Å². The number of anilines is 1. The predicted molar refractivity (Wildman–Crippen MR) is 73.6 cm³/mol. The highest BCUT2D eigenvalue weighted by atomic mass is 32.2. The van der Waals surface area contributed by atoms with Crippen molar-refractivity contribution < 1.29 is 27.8 Å². The van der Waals surface area contributed by atoms with Crippen LogP contribution in [-0.2, 0) is 19.6 Å². The van der Waals surface area contributed by atoms with Gasteiger partial charge in [-0.3, -0.25) is 4.79 Å². The van der Waals surface area contributed by atoms with Crippen molar-refractivity contribution in [3.63, 3.8) is 0 Å². The molecule has 0 unspecified atom stereocenters. The third-order valence-electron chi connectivity index (χ3n) is 2.76. The minimum atomic E-state index is -3.80. The van der Waals surface area contributed by atoms with E-state index in [1.165, 1.54) is 25.3 Å². The Bertz CT molecular complexity index is 631. The maximum atomic E-state index is 12.1. The highest BCUT2D eigenvalue weighted by Crippen LogP contribution is 2.29. The summed E-state index contributed by atoms with van der Waals surface area (Å²) in [6.07, 6.45) is -0.939. The van der Waals surface area contributed by atoms with Gasteiger partial charge in [0.25, 0.3) is 5.91 Å². The van der Waals surface area contributed by atoms with Crippen LogP contribution in [0.2, 0.25) is 0 Å². The summed E-state index contributed by atoms with van der Waals surface area (Å²) in [7, 11) is -2.39. The molecule has 0 fully saturated rings. The average molecular weight is 316 g/mol. The van der Waals surface area contributed by atoms with Gasteiger partial charge in [0, 0.05) is 13.7 Å². The quantitative estimate of drug-likeness (QED) is 0.640. The molecule has 1 aliphatic rings. The van der Waals surface area contributed by atoms with Gasteiger partial charge in [0.15, 0.2) is 6.61 Å². The zero-order valence-electron chi connectivity index (χ0n) is 11.3. The first-order chi connectivity index (χ1) is 9.92. The Morgan fingerprint density at radius 3 is 3.00 bits per heavy atom. The second kappa shape index (κ2) is 6.39. The number of carbonyl (C=O) groups excluding carboxylic acids is 1. The minimum Gasteiger partial charge on any atom is -0.482 e. The van der Waals surface area contributed by atoms with Crippen molar-refractivity contribution in [2.75, 3.05) is 32.2 Å². The molecule has 0 aromatic heterocycles. The van der Waals surface area contributed by atoms with E-state index >= 15 is 0 Å². The second-order valence-corrected chi connectivity index (χ2v) is 6.22. The van der Waals surface area contributed by atoms with Crippen LogP contribution in [0.25, 0.3) is 0 Å². The molecule has 1 heterocycles. The molecule has 2 rings (SSSR count). The van der Waals surface area contributed by atoms with Gasteiger partial charge in [0.1, 0.15) is 5.75 Å². The molecule has 0 saturated carbocycles. The van der Waals surface area contributed by atoms with Gasteiger partial charge in [-0.15, -0.1) is 0 Å². The number of ether oxygens (including phenoxy) is 2. The van der Waals surface area contributed by atoms with E-state index in [4.69, 9.17) is 9.47 Å². The topological polar surface area (TPSA) is 114 Å². The normalized spacial score (nSPS) is 15.8. The monoisotopic (exact) mass is 316 g/mol. The van der Waals surface area contributed by atoms with E-state index in [1.54, 1.807) is 0 Å². The van der Waals surface area contributed by atoms with Crippen molar-refractivity contribution in [3.05, 3.63) is 18.2 Å². The van der Waals surface area contributed by atoms with Gasteiger partial charge in [-0.25, -0.2) is 13.1 Å². The average Bonchev–Trinajstić information content (AvgIpc) is 2.45. The van der Waals surface area contributed by atoms with Gasteiger partial charge in [0.2, 0.25) is 10.0 Å². The lowest BCUT2D eigenvalue weighted by Crippen LogP contribution is -2.34. The molecule has 0 bridgehead atoms. The first-order valence-electron chi connectivity index (χ1n) is 6.16. The number of hydrogen-bond acceptors (Lipinski definition) is 6. The summed E-state index contributed by atoms with van der Waals surface area (Å²) < 4.78 is 36.3. The number of aliphatic hydroxyl groups is 1. The Balaban J connectivity index is 2.13. The predicted octanol–water partition coefficient (Wildman–Crippen LogP) is -0.697. The van der Waals surface area contributed by atoms with Crippen LogP contribution in [0.15, 0.2) is 23.1 Å². The maximum absolute atomic E-state index is 12.1. The summed E-state index contributed by atoms with van der Waals surface area (Å²) in [6.45, 7) is -0.243. The van der Waals surface area contributed by atoms with Gasteiger partial charge in [-0.05, 0) is 18.2 Å². The number of methoxy groups -OCH3 is 1. The number of rotatable bonds is 6. The van der Waals surface area contributed by atoms with Crippen LogP contribution in [0.5, 0.6) is 5.75 Å². The highest BCUT2D eigenvalue weighted by molar-refractivity contribution is 7.89. The fraction of sp³-hybridized carbons (Fsp3) is 0.417. The summed E-state index contributed by atoms with van der Waals surface area (Å²) in [5, 5.41) is 12.0. The molecule has 9 heteroatoms. The van der Waals surface area contributed by atoms with Crippen molar-refractivity contribution in [2.24, 2.45) is 0 Å². The van der Waals surface area contributed by atoms with Crippen molar-refractivity contribution in [2.45, 2.75) is 11.0 Å². The summed E-state index contributed by atoms with van der Waals surface area (Å²) >= 11 is 0. The van der Waals surface area contributed by atoms with Crippen LogP contribution in [0.3, 0.4) is 0 Å². The van der Waals surface area contributed by atoms with E-state index in [1.807, 2.05) is 0 Å². The molecule has 0 radical (unpaired) electrons. The molecule has 116 valence electrons. The Morgan fingerprint density at radius 2 is 2.29 bits per heavy atom. The second-order valence-electron chi connectivity index (χ2n) is 4.46. The lowest BCUT2D eigenvalue weighted by Gasteiger charge is -2.18. The molecule has 3 N–H and O–H groups in total. The molecule has 0 saturated heterocycles. The van der Waals surface area contributed by atoms with Crippen LogP contribution in [-0.4, -0.2) is 52.4 Å². The first kappa shape index (κ1) is 15.7. The molecule has 1 aliphatic heterocycles. The van der Waals surface area contributed by atoms with Crippen LogP contribution < -0.4 is 14.8 Å². The van der Waals surface area contributed by atoms with Gasteiger partial charge in [0.05, 0.1) is 23.3 Å². The fourth-order valence-electron chi connectivity index (χ4n) is 1.77. The van der Waals surface area contributed by atoms with Crippen molar-refractivity contribution in [1.82, 2.24) is 4.72 Å². The highest BCUT2D eigenvalue weighted by Gasteiger charge is 2.21. The van der Waals surface area contributed by atoms with E-state index in [2.05, 4.69) is 10.0 Å². The molecule has 1 atom stereocenters. The molecule has 21 heavy (non-hydrogen) atoms. The number of carbonyl (C=O) groups is 1. The summed E-state index contributed by atoms with van der Waals surface area (Å²) in [5.74, 6) is 0.0634. The number of sulfonamides is 1. The molecular weight excluding hydrogens is 300 g/mol. The number of amides is 1. The van der Waals surface area contributed by atoms with Crippen molar-refractivity contribution in [1.29, 1.82) is 0 Å². The van der Waals surface area contributed by atoms with Gasteiger partial charge >= 0.3 is 0 Å². The maximum Gasteiger partial charge on any atom is 0.262 e. The number of aliphatic hydroxyl groups excluding tert-OH is 1. The SMILES string of the molecule is COC[C@H](O)CNS(=O)(=O)c1ccc2c(c1)NC(=O)CO2. The van der Waals surface area contributed by atoms with Crippen LogP contribution >= 0.6 is 0 Å². The molecule has 8 nitrogen and oxygen atoms in total. The number of hydrogen-bond donors (Lipinski definition) is 3. The Kier molecular flexibility index (Phi) is 4.78. The van der Waals surface area contributed by atoms with Crippen molar-refractivity contribution >= 4 is 21.6 Å². The van der Waals surface area contributed by atoms with E-state index in [-0.39, 0.29) is 30.6 Å². The van der Waals surface area contributed by atoms with Crippen molar-refractivity contribution in [3.8, 4) is 5.75 Å². The van der Waals surface area contributed by atoms with Crippen LogP contribution in [0.1, 0.15) is 0 Å². The third-order valence-corrected chi connectivity index (χ3v) is 4.18. The number of fused-ring (bicyclic) bond motifs is 1. The zero-order chi connectivity index (χ0) is 15.5. The lowest BCUT2D eigenvalue weighted by atomic mass is 10.2. The van der Waals surface area contributed by atoms with Gasteiger partial charge in [-0.1, -0.05) is 0 Å². The Morgan fingerprint density at radius 1 is 1.52 bits per heavy atom. The van der Waals surface area contributed by atoms with E-state index in [0.29, 0.717) is 11.4 Å². The fourth-order valence-corrected chi connectivity index (χ4v) is 2.87. The Labute approximate surface area is 122 Å². The minimum absolute atomic E-state index is 0.0244. The molecule has 0 aliphatic carbocycles. The largest absolute Gasteiger partial charge is 0.482 e. The molecule has 1 aromatic carbocycles. The zero-order valence-corrected chi connectivity index (χ0v) is 12.1. The first-order valence-corrected chi connectivity index (χ1v) is 7.64. The smallest absolute Gasteiger partial charge is 0.262 e.